The lowest BCUT2D eigenvalue weighted by molar-refractivity contribution is -0.119. The SMILES string of the molecule is CN=C(NCCc1ccc(OCC(N)=O)cc1)NCCC(C)N(C)Cc1ccccc1. The number of nitrogens with two attached hydrogens (primary N) is 1. The maximum absolute atomic E-state index is 10.8. The van der Waals surface area contributed by atoms with Crippen molar-refractivity contribution >= 4 is 11.9 Å². The van der Waals surface area contributed by atoms with Crippen LogP contribution in [0.25, 0.3) is 0 Å². The van der Waals surface area contributed by atoms with Crippen molar-refractivity contribution in [3.63, 3.8) is 0 Å². The number of ether oxygens (including phenoxy) is 1. The molecule has 0 heterocycles. The molecule has 0 saturated heterocycles. The number of primary amides is 1. The molecule has 2 aromatic rings. The quantitative estimate of drug-likeness (QED) is 0.358. The van der Waals surface area contributed by atoms with Gasteiger partial charge in [0.2, 0.25) is 0 Å². The fourth-order valence-electron chi connectivity index (χ4n) is 3.10. The van der Waals surface area contributed by atoms with Crippen molar-refractivity contribution in [3.8, 4) is 5.75 Å². The average molecular weight is 426 g/mol. The third kappa shape index (κ3) is 9.53. The van der Waals surface area contributed by atoms with Gasteiger partial charge in [-0.3, -0.25) is 14.7 Å². The van der Waals surface area contributed by atoms with Crippen LogP contribution in [0.4, 0.5) is 0 Å². The Kier molecular flexibility index (Phi) is 10.4. The van der Waals surface area contributed by atoms with E-state index in [0.29, 0.717) is 11.8 Å². The molecule has 0 aliphatic heterocycles. The molecule has 0 spiro atoms. The van der Waals surface area contributed by atoms with E-state index < -0.39 is 5.91 Å². The molecule has 0 aromatic heterocycles. The number of nitrogens with one attached hydrogen (secondary N) is 2. The number of rotatable bonds is 12. The van der Waals surface area contributed by atoms with Crippen molar-refractivity contribution in [2.24, 2.45) is 10.7 Å². The fourth-order valence-corrected chi connectivity index (χ4v) is 3.10. The second-order valence-electron chi connectivity index (χ2n) is 7.61. The van der Waals surface area contributed by atoms with Gasteiger partial charge in [-0.05, 0) is 50.1 Å². The van der Waals surface area contributed by atoms with E-state index in [9.17, 15) is 4.79 Å². The third-order valence-corrected chi connectivity index (χ3v) is 5.12. The predicted molar refractivity (Wildman–Crippen MR) is 126 cm³/mol. The summed E-state index contributed by atoms with van der Waals surface area (Å²) in [4.78, 5) is 17.4. The van der Waals surface area contributed by atoms with Gasteiger partial charge in [-0.15, -0.1) is 0 Å². The number of hydrogen-bond donors (Lipinski definition) is 3. The lowest BCUT2D eigenvalue weighted by atomic mass is 10.1. The minimum absolute atomic E-state index is 0.108. The van der Waals surface area contributed by atoms with E-state index in [1.54, 1.807) is 7.05 Å². The molecule has 0 fully saturated rings. The fraction of sp³-hybridized carbons (Fsp3) is 0.417. The first kappa shape index (κ1) is 24.2. The van der Waals surface area contributed by atoms with Crippen LogP contribution in [0.1, 0.15) is 24.5 Å². The van der Waals surface area contributed by atoms with Gasteiger partial charge in [-0.2, -0.15) is 0 Å². The lowest BCUT2D eigenvalue weighted by Crippen LogP contribution is -2.40. The molecule has 4 N–H and O–H groups in total. The van der Waals surface area contributed by atoms with E-state index in [1.807, 2.05) is 30.3 Å². The minimum atomic E-state index is -0.482. The molecule has 7 nitrogen and oxygen atoms in total. The van der Waals surface area contributed by atoms with Crippen molar-refractivity contribution in [2.45, 2.75) is 32.4 Å². The van der Waals surface area contributed by atoms with E-state index in [4.69, 9.17) is 10.5 Å². The van der Waals surface area contributed by atoms with Gasteiger partial charge in [0, 0.05) is 32.7 Å². The summed E-state index contributed by atoms with van der Waals surface area (Å²) in [5.74, 6) is 0.961. The van der Waals surface area contributed by atoms with Crippen molar-refractivity contribution in [3.05, 3.63) is 65.7 Å². The number of benzene rings is 2. The maximum atomic E-state index is 10.8. The number of carbonyl (C=O) groups is 1. The molecule has 0 radical (unpaired) electrons. The Bertz CT molecular complexity index is 808. The summed E-state index contributed by atoms with van der Waals surface area (Å²) < 4.78 is 5.27. The maximum Gasteiger partial charge on any atom is 0.255 e. The summed E-state index contributed by atoms with van der Waals surface area (Å²) in [6, 6.07) is 18.7. The van der Waals surface area contributed by atoms with Crippen molar-refractivity contribution in [1.82, 2.24) is 15.5 Å². The van der Waals surface area contributed by atoms with Crippen LogP contribution in [-0.4, -0.2) is 56.6 Å². The first-order chi connectivity index (χ1) is 15.0. The van der Waals surface area contributed by atoms with Gasteiger partial charge in [0.25, 0.3) is 5.91 Å². The third-order valence-electron chi connectivity index (χ3n) is 5.12. The van der Waals surface area contributed by atoms with Crippen LogP contribution in [0.5, 0.6) is 5.75 Å². The number of nitrogens with zero attached hydrogens (tertiary/aromatic N) is 2. The molecule has 1 amide bonds. The van der Waals surface area contributed by atoms with Gasteiger partial charge in [-0.25, -0.2) is 0 Å². The summed E-state index contributed by atoms with van der Waals surface area (Å²) in [5, 5.41) is 6.74. The summed E-state index contributed by atoms with van der Waals surface area (Å²) in [5.41, 5.74) is 7.58. The zero-order valence-corrected chi connectivity index (χ0v) is 18.8. The van der Waals surface area contributed by atoms with E-state index in [2.05, 4.69) is 58.8 Å². The van der Waals surface area contributed by atoms with Crippen LogP contribution >= 0.6 is 0 Å². The zero-order valence-electron chi connectivity index (χ0n) is 18.8. The largest absolute Gasteiger partial charge is 0.484 e. The van der Waals surface area contributed by atoms with Crippen LogP contribution < -0.4 is 21.1 Å². The van der Waals surface area contributed by atoms with E-state index in [-0.39, 0.29) is 6.61 Å². The smallest absolute Gasteiger partial charge is 0.255 e. The summed E-state index contributed by atoms with van der Waals surface area (Å²) in [6.45, 7) is 4.71. The first-order valence-electron chi connectivity index (χ1n) is 10.7. The molecular formula is C24H35N5O2. The summed E-state index contributed by atoms with van der Waals surface area (Å²) >= 11 is 0. The number of carbonyl (C=O) groups excluding carboxylic acids is 1. The molecule has 1 unspecified atom stereocenters. The van der Waals surface area contributed by atoms with E-state index in [0.717, 1.165) is 38.4 Å². The Balaban J connectivity index is 1.65. The summed E-state index contributed by atoms with van der Waals surface area (Å²) in [6.07, 6.45) is 1.88. The van der Waals surface area contributed by atoms with E-state index >= 15 is 0 Å². The van der Waals surface area contributed by atoms with Crippen LogP contribution in [0, 0.1) is 0 Å². The van der Waals surface area contributed by atoms with Gasteiger partial charge in [0.15, 0.2) is 12.6 Å². The molecular weight excluding hydrogens is 390 g/mol. The van der Waals surface area contributed by atoms with E-state index in [1.165, 1.54) is 11.1 Å². The lowest BCUT2D eigenvalue weighted by Gasteiger charge is -2.25. The minimum Gasteiger partial charge on any atom is -0.484 e. The molecule has 168 valence electrons. The van der Waals surface area contributed by atoms with Crippen LogP contribution in [0.2, 0.25) is 0 Å². The molecule has 0 bridgehead atoms. The van der Waals surface area contributed by atoms with Gasteiger partial charge in [-0.1, -0.05) is 42.5 Å². The number of hydrogen-bond acceptors (Lipinski definition) is 4. The second-order valence-corrected chi connectivity index (χ2v) is 7.61. The Morgan fingerprint density at radius 1 is 1.06 bits per heavy atom. The molecule has 0 aliphatic carbocycles. The topological polar surface area (TPSA) is 92.0 Å². The zero-order chi connectivity index (χ0) is 22.5. The Morgan fingerprint density at radius 3 is 2.39 bits per heavy atom. The van der Waals surface area contributed by atoms with Gasteiger partial charge in [0.1, 0.15) is 5.75 Å². The highest BCUT2D eigenvalue weighted by Gasteiger charge is 2.09. The number of amides is 1. The van der Waals surface area contributed by atoms with Crippen molar-refractivity contribution < 1.29 is 9.53 Å². The normalized spacial score (nSPS) is 12.5. The highest BCUT2D eigenvalue weighted by atomic mass is 16.5. The van der Waals surface area contributed by atoms with Gasteiger partial charge in [0.05, 0.1) is 0 Å². The molecule has 2 aromatic carbocycles. The monoisotopic (exact) mass is 425 g/mol. The molecule has 0 saturated carbocycles. The van der Waals surface area contributed by atoms with Gasteiger partial charge >= 0.3 is 0 Å². The highest BCUT2D eigenvalue weighted by molar-refractivity contribution is 5.79. The number of guanidine groups is 1. The molecule has 7 heteroatoms. The molecule has 2 rings (SSSR count). The first-order valence-corrected chi connectivity index (χ1v) is 10.7. The Labute approximate surface area is 185 Å². The van der Waals surface area contributed by atoms with Crippen molar-refractivity contribution in [1.29, 1.82) is 0 Å². The number of aliphatic imine (C=N–C) groups is 1. The predicted octanol–water partition coefficient (Wildman–Crippen LogP) is 2.17. The Morgan fingerprint density at radius 2 is 1.74 bits per heavy atom. The summed E-state index contributed by atoms with van der Waals surface area (Å²) in [7, 11) is 3.94. The molecule has 31 heavy (non-hydrogen) atoms. The second kappa shape index (κ2) is 13.3. The standard InChI is InChI=1S/C24H35N5O2/c1-19(29(3)17-21-7-5-4-6-8-21)13-15-27-24(26-2)28-16-14-20-9-11-22(12-10-20)31-18-23(25)30/h4-12,19H,13-18H2,1-3H3,(H2,25,30)(H2,26,27,28). The van der Waals surface area contributed by atoms with Crippen LogP contribution in [0.3, 0.4) is 0 Å². The van der Waals surface area contributed by atoms with Crippen molar-refractivity contribution in [2.75, 3.05) is 33.8 Å². The molecule has 0 aliphatic rings. The molecule has 1 atom stereocenters. The van der Waals surface area contributed by atoms with Crippen LogP contribution in [-0.2, 0) is 17.8 Å². The Hall–Kier alpha value is -3.06. The van der Waals surface area contributed by atoms with Gasteiger partial charge < -0.3 is 21.1 Å². The van der Waals surface area contributed by atoms with Crippen LogP contribution in [0.15, 0.2) is 59.6 Å². The highest BCUT2D eigenvalue weighted by Crippen LogP contribution is 2.12. The average Bonchev–Trinajstić information content (AvgIpc) is 2.78.